The Hall–Kier alpha value is -3.01. The molecule has 4 heteroatoms. The number of hydrogen-bond donors (Lipinski definition) is 1. The summed E-state index contributed by atoms with van der Waals surface area (Å²) in [5.74, 6) is -0.0131. The van der Waals surface area contributed by atoms with Gasteiger partial charge in [0.2, 0.25) is 0 Å². The van der Waals surface area contributed by atoms with Crippen molar-refractivity contribution in [3.8, 4) is 5.75 Å². The molecule has 3 aromatic rings. The molecule has 0 aliphatic carbocycles. The summed E-state index contributed by atoms with van der Waals surface area (Å²) in [7, 11) is 0. The second-order valence-corrected chi connectivity index (χ2v) is 4.53. The van der Waals surface area contributed by atoms with Crippen LogP contribution >= 0.6 is 0 Å². The third-order valence-corrected chi connectivity index (χ3v) is 3.02. The summed E-state index contributed by atoms with van der Waals surface area (Å²) in [6.07, 6.45) is 4.71. The molecule has 1 heterocycles. The van der Waals surface area contributed by atoms with Crippen LogP contribution in [0.1, 0.15) is 16.1 Å². The molecule has 0 unspecified atom stereocenters. The summed E-state index contributed by atoms with van der Waals surface area (Å²) in [4.78, 5) is 20.7. The number of aromatic nitrogens is 2. The minimum Gasteiger partial charge on any atom is -0.508 e. The zero-order valence-electron chi connectivity index (χ0n) is 11.1. The average molecular weight is 276 g/mol. The van der Waals surface area contributed by atoms with Crippen molar-refractivity contribution in [1.29, 1.82) is 0 Å². The van der Waals surface area contributed by atoms with Crippen LogP contribution in [0.4, 0.5) is 0 Å². The van der Waals surface area contributed by atoms with Crippen LogP contribution in [-0.4, -0.2) is 20.9 Å². The van der Waals surface area contributed by atoms with E-state index in [1.54, 1.807) is 24.4 Å². The van der Waals surface area contributed by atoms with Gasteiger partial charge in [0.1, 0.15) is 5.75 Å². The van der Waals surface area contributed by atoms with Gasteiger partial charge in [-0.1, -0.05) is 12.1 Å². The first kappa shape index (κ1) is 13.0. The number of carbonyl (C=O) groups excluding carboxylic acids is 1. The SMILES string of the molecule is O=C(/C=C/c1cnc2ccccc2n1)c1ccc(O)cc1. The lowest BCUT2D eigenvalue weighted by Crippen LogP contribution is -1.94. The van der Waals surface area contributed by atoms with Gasteiger partial charge in [-0.2, -0.15) is 0 Å². The highest BCUT2D eigenvalue weighted by Gasteiger charge is 2.02. The van der Waals surface area contributed by atoms with Gasteiger partial charge < -0.3 is 5.11 Å². The van der Waals surface area contributed by atoms with Gasteiger partial charge in [0.15, 0.2) is 5.78 Å². The van der Waals surface area contributed by atoms with Crippen molar-refractivity contribution in [2.24, 2.45) is 0 Å². The molecule has 0 atom stereocenters. The van der Waals surface area contributed by atoms with Crippen LogP contribution in [0.5, 0.6) is 5.75 Å². The lowest BCUT2D eigenvalue weighted by atomic mass is 10.1. The van der Waals surface area contributed by atoms with Crippen LogP contribution < -0.4 is 0 Å². The minimum atomic E-state index is -0.148. The number of fused-ring (bicyclic) bond motifs is 1. The molecule has 4 nitrogen and oxygen atoms in total. The summed E-state index contributed by atoms with van der Waals surface area (Å²) in [6.45, 7) is 0. The molecule has 1 N–H and O–H groups in total. The van der Waals surface area contributed by atoms with E-state index >= 15 is 0 Å². The molecule has 0 spiro atoms. The average Bonchev–Trinajstić information content (AvgIpc) is 2.53. The third kappa shape index (κ3) is 2.95. The molecule has 0 amide bonds. The Labute approximate surface area is 121 Å². The molecule has 1 aromatic heterocycles. The molecule has 0 saturated carbocycles. The summed E-state index contributed by atoms with van der Waals surface area (Å²) in [5, 5.41) is 9.20. The fraction of sp³-hybridized carbons (Fsp3) is 0. The molecular formula is C17H12N2O2. The van der Waals surface area contributed by atoms with Gasteiger partial charge in [0, 0.05) is 5.56 Å². The second-order valence-electron chi connectivity index (χ2n) is 4.53. The number of ketones is 1. The van der Waals surface area contributed by atoms with Crippen molar-refractivity contribution >= 4 is 22.9 Å². The van der Waals surface area contributed by atoms with Crippen molar-refractivity contribution in [3.05, 3.63) is 72.1 Å². The number of allylic oxidation sites excluding steroid dienone is 1. The summed E-state index contributed by atoms with van der Waals surface area (Å²) >= 11 is 0. The number of benzene rings is 2. The maximum absolute atomic E-state index is 12.0. The first-order valence-corrected chi connectivity index (χ1v) is 6.45. The highest BCUT2D eigenvalue weighted by Crippen LogP contribution is 2.12. The Kier molecular flexibility index (Phi) is 3.43. The standard InChI is InChI=1S/C17H12N2O2/c20-14-8-5-12(6-9-14)17(21)10-7-13-11-18-15-3-1-2-4-16(15)19-13/h1-11,20H/b10-7+. The van der Waals surface area contributed by atoms with Gasteiger partial charge in [0.05, 0.1) is 22.9 Å². The Morgan fingerprint density at radius 3 is 2.48 bits per heavy atom. The fourth-order valence-corrected chi connectivity index (χ4v) is 1.93. The molecule has 0 aliphatic rings. The maximum atomic E-state index is 12.0. The molecule has 0 fully saturated rings. The third-order valence-electron chi connectivity index (χ3n) is 3.02. The smallest absolute Gasteiger partial charge is 0.185 e. The number of para-hydroxylation sites is 2. The van der Waals surface area contributed by atoms with Gasteiger partial charge in [0.25, 0.3) is 0 Å². The minimum absolute atomic E-state index is 0.135. The van der Waals surface area contributed by atoms with Crippen LogP contribution in [0.25, 0.3) is 17.1 Å². The predicted molar refractivity (Wildman–Crippen MR) is 81.0 cm³/mol. The molecule has 21 heavy (non-hydrogen) atoms. The van der Waals surface area contributed by atoms with Crippen LogP contribution in [0.3, 0.4) is 0 Å². The largest absolute Gasteiger partial charge is 0.508 e. The summed E-state index contributed by atoms with van der Waals surface area (Å²) in [5.41, 5.74) is 2.75. The summed E-state index contributed by atoms with van der Waals surface area (Å²) < 4.78 is 0. The fourth-order valence-electron chi connectivity index (χ4n) is 1.93. The Morgan fingerprint density at radius 2 is 1.71 bits per heavy atom. The number of hydrogen-bond acceptors (Lipinski definition) is 4. The van der Waals surface area contributed by atoms with Crippen molar-refractivity contribution in [2.45, 2.75) is 0 Å². The first-order chi connectivity index (χ1) is 10.2. The van der Waals surface area contributed by atoms with Gasteiger partial charge in [-0.15, -0.1) is 0 Å². The van der Waals surface area contributed by atoms with Crippen LogP contribution in [0, 0.1) is 0 Å². The Morgan fingerprint density at radius 1 is 1.00 bits per heavy atom. The van der Waals surface area contributed by atoms with E-state index in [0.29, 0.717) is 11.3 Å². The quantitative estimate of drug-likeness (QED) is 0.589. The Balaban J connectivity index is 1.83. The maximum Gasteiger partial charge on any atom is 0.185 e. The van der Waals surface area contributed by atoms with Crippen molar-refractivity contribution in [1.82, 2.24) is 9.97 Å². The number of aromatic hydroxyl groups is 1. The number of phenolic OH excluding ortho intramolecular Hbond substituents is 1. The lowest BCUT2D eigenvalue weighted by molar-refractivity contribution is 0.104. The highest BCUT2D eigenvalue weighted by molar-refractivity contribution is 6.06. The van der Waals surface area contributed by atoms with E-state index < -0.39 is 0 Å². The van der Waals surface area contributed by atoms with Crippen molar-refractivity contribution in [2.75, 3.05) is 0 Å². The van der Waals surface area contributed by atoms with Crippen LogP contribution in [-0.2, 0) is 0 Å². The topological polar surface area (TPSA) is 63.1 Å². The highest BCUT2D eigenvalue weighted by atomic mass is 16.3. The molecular weight excluding hydrogens is 264 g/mol. The van der Waals surface area contributed by atoms with E-state index in [-0.39, 0.29) is 11.5 Å². The molecule has 102 valence electrons. The van der Waals surface area contributed by atoms with Gasteiger partial charge in [-0.3, -0.25) is 9.78 Å². The molecule has 2 aromatic carbocycles. The van der Waals surface area contributed by atoms with Gasteiger partial charge >= 0.3 is 0 Å². The van der Waals surface area contributed by atoms with Crippen molar-refractivity contribution < 1.29 is 9.90 Å². The second kappa shape index (κ2) is 5.54. The van der Waals surface area contributed by atoms with Crippen LogP contribution in [0.15, 0.2) is 60.8 Å². The summed E-state index contributed by atoms with van der Waals surface area (Å²) in [6, 6.07) is 13.7. The molecule has 0 radical (unpaired) electrons. The zero-order chi connectivity index (χ0) is 14.7. The molecule has 3 rings (SSSR count). The van der Waals surface area contributed by atoms with E-state index in [1.807, 2.05) is 24.3 Å². The Bertz CT molecular complexity index is 824. The first-order valence-electron chi connectivity index (χ1n) is 6.45. The zero-order valence-corrected chi connectivity index (χ0v) is 11.1. The molecule has 0 saturated heterocycles. The van der Waals surface area contributed by atoms with E-state index in [9.17, 15) is 9.90 Å². The molecule has 0 bridgehead atoms. The monoisotopic (exact) mass is 276 g/mol. The number of nitrogens with zero attached hydrogens (tertiary/aromatic N) is 2. The van der Waals surface area contributed by atoms with E-state index in [1.165, 1.54) is 18.2 Å². The van der Waals surface area contributed by atoms with E-state index in [0.717, 1.165) is 11.0 Å². The van der Waals surface area contributed by atoms with Gasteiger partial charge in [-0.05, 0) is 48.6 Å². The van der Waals surface area contributed by atoms with E-state index in [2.05, 4.69) is 9.97 Å². The van der Waals surface area contributed by atoms with Gasteiger partial charge in [-0.25, -0.2) is 4.98 Å². The normalized spacial score (nSPS) is 11.0. The predicted octanol–water partition coefficient (Wildman–Crippen LogP) is 3.23. The van der Waals surface area contributed by atoms with E-state index in [4.69, 9.17) is 0 Å². The van der Waals surface area contributed by atoms with Crippen LogP contribution in [0.2, 0.25) is 0 Å². The molecule has 0 aliphatic heterocycles. The van der Waals surface area contributed by atoms with Crippen molar-refractivity contribution in [3.63, 3.8) is 0 Å². The number of phenols is 1. The lowest BCUT2D eigenvalue weighted by Gasteiger charge is -1.98. The number of carbonyl (C=O) groups is 1. The number of rotatable bonds is 3.